The Hall–Kier alpha value is -3.74. The van der Waals surface area contributed by atoms with Crippen LogP contribution in [-0.4, -0.2) is 40.5 Å². The van der Waals surface area contributed by atoms with Crippen LogP contribution in [0.5, 0.6) is 11.5 Å². The van der Waals surface area contributed by atoms with E-state index < -0.39 is 11.5 Å². The van der Waals surface area contributed by atoms with Crippen molar-refractivity contribution in [3.63, 3.8) is 0 Å². The minimum absolute atomic E-state index is 0.0477. The van der Waals surface area contributed by atoms with Gasteiger partial charge in [0.05, 0.1) is 11.8 Å². The van der Waals surface area contributed by atoms with Crippen LogP contribution in [0.25, 0.3) is 5.69 Å². The molecule has 7 heteroatoms. The largest absolute Gasteiger partial charge is 0.455 e. The van der Waals surface area contributed by atoms with E-state index in [4.69, 9.17) is 4.74 Å². The van der Waals surface area contributed by atoms with Crippen LogP contribution in [0.2, 0.25) is 0 Å². The Morgan fingerprint density at radius 2 is 1.64 bits per heavy atom. The summed E-state index contributed by atoms with van der Waals surface area (Å²) in [5.41, 5.74) is 0.0802. The molecule has 0 saturated carbocycles. The number of amides is 1. The lowest BCUT2D eigenvalue weighted by atomic mass is 10.3. The van der Waals surface area contributed by atoms with Crippen molar-refractivity contribution in [2.45, 2.75) is 6.92 Å². The lowest BCUT2D eigenvalue weighted by molar-refractivity contribution is 0.0992. The van der Waals surface area contributed by atoms with E-state index in [2.05, 4.69) is 10.1 Å². The Labute approximate surface area is 162 Å². The maximum atomic E-state index is 12.8. The molecule has 0 radical (unpaired) electrons. The second-order valence-corrected chi connectivity index (χ2v) is 6.22. The van der Waals surface area contributed by atoms with Crippen molar-refractivity contribution >= 4 is 11.7 Å². The highest BCUT2D eigenvalue weighted by Crippen LogP contribution is 2.23. The summed E-state index contributed by atoms with van der Waals surface area (Å²) in [7, 11) is 3.57. The SMILES string of the molecule is C/C(=N\C(=O)c1nn(-c2ccccc2)c(=O)cc1Oc1ccccc1)N(C)C. The number of rotatable bonds is 4. The summed E-state index contributed by atoms with van der Waals surface area (Å²) in [5.74, 6) is 0.462. The highest BCUT2D eigenvalue weighted by Gasteiger charge is 2.19. The van der Waals surface area contributed by atoms with Crippen molar-refractivity contribution in [2.75, 3.05) is 14.1 Å². The van der Waals surface area contributed by atoms with Gasteiger partial charge in [0, 0.05) is 14.1 Å². The van der Waals surface area contributed by atoms with Crippen LogP contribution >= 0.6 is 0 Å². The second kappa shape index (κ2) is 8.30. The molecule has 0 N–H and O–H groups in total. The van der Waals surface area contributed by atoms with Gasteiger partial charge in [-0.05, 0) is 31.2 Å². The Morgan fingerprint density at radius 1 is 1.04 bits per heavy atom. The van der Waals surface area contributed by atoms with E-state index in [0.717, 1.165) is 4.68 Å². The number of carbonyl (C=O) groups is 1. The summed E-state index contributed by atoms with van der Waals surface area (Å²) in [6.07, 6.45) is 0. The molecule has 0 fully saturated rings. The van der Waals surface area contributed by atoms with Crippen LogP contribution < -0.4 is 10.3 Å². The van der Waals surface area contributed by atoms with Crippen molar-refractivity contribution in [3.05, 3.63) is 82.8 Å². The summed E-state index contributed by atoms with van der Waals surface area (Å²) in [4.78, 5) is 31.2. The van der Waals surface area contributed by atoms with Crippen molar-refractivity contribution < 1.29 is 9.53 Å². The molecule has 1 amide bonds. The Bertz CT molecular complexity index is 1060. The lowest BCUT2D eigenvalue weighted by Gasteiger charge is -2.13. The van der Waals surface area contributed by atoms with E-state index in [9.17, 15) is 9.59 Å². The Morgan fingerprint density at radius 3 is 2.25 bits per heavy atom. The highest BCUT2D eigenvalue weighted by molar-refractivity contribution is 6.02. The van der Waals surface area contributed by atoms with Crippen LogP contribution in [0.3, 0.4) is 0 Å². The molecule has 0 bridgehead atoms. The first-order chi connectivity index (χ1) is 13.5. The summed E-state index contributed by atoms with van der Waals surface area (Å²) in [5, 5.41) is 4.25. The fourth-order valence-electron chi connectivity index (χ4n) is 2.34. The molecule has 0 spiro atoms. The molecule has 1 heterocycles. The monoisotopic (exact) mass is 376 g/mol. The maximum absolute atomic E-state index is 12.8. The topological polar surface area (TPSA) is 76.8 Å². The first-order valence-corrected chi connectivity index (χ1v) is 8.65. The molecule has 3 rings (SSSR count). The molecule has 28 heavy (non-hydrogen) atoms. The van der Waals surface area contributed by atoms with E-state index >= 15 is 0 Å². The normalized spacial score (nSPS) is 11.2. The van der Waals surface area contributed by atoms with Crippen LogP contribution in [0, 0.1) is 0 Å². The molecule has 0 saturated heterocycles. The third kappa shape index (κ3) is 4.32. The van der Waals surface area contributed by atoms with E-state index in [-0.39, 0.29) is 11.4 Å². The first kappa shape index (κ1) is 19.0. The number of ether oxygens (including phenoxy) is 1. The average molecular weight is 376 g/mol. The second-order valence-electron chi connectivity index (χ2n) is 6.22. The van der Waals surface area contributed by atoms with Crippen LogP contribution in [0.1, 0.15) is 17.4 Å². The molecule has 3 aromatic rings. The molecule has 7 nitrogen and oxygen atoms in total. The number of benzene rings is 2. The lowest BCUT2D eigenvalue weighted by Crippen LogP contribution is -2.25. The molecule has 0 aliphatic carbocycles. The number of hydrogen-bond donors (Lipinski definition) is 0. The van der Waals surface area contributed by atoms with E-state index in [1.807, 2.05) is 12.1 Å². The molecule has 2 aromatic carbocycles. The standard InChI is InChI=1S/C21H20N4O3/c1-15(24(2)3)22-21(27)20-18(28-17-12-8-5-9-13-17)14-19(26)25(23-20)16-10-6-4-7-11-16/h4-14H,1-3H3/b22-15+. The van der Waals surface area contributed by atoms with Gasteiger partial charge in [-0.25, -0.2) is 0 Å². The third-order valence-electron chi connectivity index (χ3n) is 3.98. The van der Waals surface area contributed by atoms with Gasteiger partial charge < -0.3 is 9.64 Å². The number of aromatic nitrogens is 2. The molecular weight excluding hydrogens is 356 g/mol. The number of hydrogen-bond acceptors (Lipinski definition) is 4. The van der Waals surface area contributed by atoms with Gasteiger partial charge >= 0.3 is 5.91 Å². The van der Waals surface area contributed by atoms with E-state index in [0.29, 0.717) is 17.3 Å². The summed E-state index contributed by atoms with van der Waals surface area (Å²) in [6, 6.07) is 19.0. The summed E-state index contributed by atoms with van der Waals surface area (Å²) >= 11 is 0. The minimum atomic E-state index is -0.596. The minimum Gasteiger partial charge on any atom is -0.455 e. The van der Waals surface area contributed by atoms with Gasteiger partial charge in [-0.3, -0.25) is 9.59 Å². The van der Waals surface area contributed by atoms with Crippen molar-refractivity contribution in [1.82, 2.24) is 14.7 Å². The summed E-state index contributed by atoms with van der Waals surface area (Å²) in [6.45, 7) is 1.71. The zero-order valence-corrected chi connectivity index (χ0v) is 15.9. The predicted molar refractivity (Wildman–Crippen MR) is 107 cm³/mol. The number of amidine groups is 1. The van der Waals surface area contributed by atoms with Gasteiger partial charge in [0.1, 0.15) is 11.6 Å². The number of aliphatic imine (C=N–C) groups is 1. The zero-order chi connectivity index (χ0) is 20.1. The van der Waals surface area contributed by atoms with Gasteiger partial charge in [0.25, 0.3) is 5.56 Å². The third-order valence-corrected chi connectivity index (χ3v) is 3.98. The van der Waals surface area contributed by atoms with Crippen LogP contribution in [0.4, 0.5) is 0 Å². The van der Waals surface area contributed by atoms with E-state index in [1.54, 1.807) is 74.4 Å². The van der Waals surface area contributed by atoms with Crippen LogP contribution in [-0.2, 0) is 0 Å². The quantitative estimate of drug-likeness (QED) is 0.516. The van der Waals surface area contributed by atoms with Gasteiger partial charge in [-0.2, -0.15) is 14.8 Å². The molecule has 0 aliphatic heterocycles. The predicted octanol–water partition coefficient (Wildman–Crippen LogP) is 3.15. The first-order valence-electron chi connectivity index (χ1n) is 8.65. The Kier molecular flexibility index (Phi) is 5.64. The molecular formula is C21H20N4O3. The summed E-state index contributed by atoms with van der Waals surface area (Å²) < 4.78 is 6.92. The van der Waals surface area contributed by atoms with Crippen LogP contribution in [0.15, 0.2) is 76.5 Å². The zero-order valence-electron chi connectivity index (χ0n) is 15.9. The number of para-hydroxylation sites is 2. The van der Waals surface area contributed by atoms with Crippen molar-refractivity contribution in [1.29, 1.82) is 0 Å². The van der Waals surface area contributed by atoms with Gasteiger partial charge in [0.15, 0.2) is 11.4 Å². The van der Waals surface area contributed by atoms with E-state index in [1.165, 1.54) is 6.07 Å². The molecule has 1 aromatic heterocycles. The number of carbonyl (C=O) groups excluding carboxylic acids is 1. The van der Waals surface area contributed by atoms with Crippen molar-refractivity contribution in [3.8, 4) is 17.2 Å². The van der Waals surface area contributed by atoms with Gasteiger partial charge in [0.2, 0.25) is 0 Å². The van der Waals surface area contributed by atoms with Crippen molar-refractivity contribution in [2.24, 2.45) is 4.99 Å². The fraction of sp³-hybridized carbons (Fsp3) is 0.143. The molecule has 0 unspecified atom stereocenters. The smallest absolute Gasteiger partial charge is 0.302 e. The van der Waals surface area contributed by atoms with Gasteiger partial charge in [-0.1, -0.05) is 36.4 Å². The number of nitrogens with zero attached hydrogens (tertiary/aromatic N) is 4. The molecule has 0 aliphatic rings. The molecule has 142 valence electrons. The van der Waals surface area contributed by atoms with Gasteiger partial charge in [-0.15, -0.1) is 0 Å². The Balaban J connectivity index is 2.13. The highest BCUT2D eigenvalue weighted by atomic mass is 16.5. The average Bonchev–Trinajstić information content (AvgIpc) is 2.69. The molecule has 0 atom stereocenters. The maximum Gasteiger partial charge on any atom is 0.302 e. The fourth-order valence-corrected chi connectivity index (χ4v) is 2.34.